The molecule has 0 aromatic heterocycles. The first-order chi connectivity index (χ1) is 11.6. The van der Waals surface area contributed by atoms with Gasteiger partial charge in [0.05, 0.1) is 25.4 Å². The van der Waals surface area contributed by atoms with Crippen LogP contribution in [0.5, 0.6) is 5.75 Å². The van der Waals surface area contributed by atoms with E-state index in [1.165, 1.54) is 6.08 Å². The summed E-state index contributed by atoms with van der Waals surface area (Å²) < 4.78 is 22.0. The maximum atomic E-state index is 12.2. The van der Waals surface area contributed by atoms with Gasteiger partial charge in [0, 0.05) is 19.1 Å². The Hall–Kier alpha value is -1.85. The van der Waals surface area contributed by atoms with Gasteiger partial charge in [0.15, 0.2) is 0 Å². The topological polar surface area (TPSA) is 57.3 Å². The predicted octanol–water partition coefficient (Wildman–Crippen LogP) is 2.83. The number of esters is 1. The maximum absolute atomic E-state index is 12.2. The fourth-order valence-electron chi connectivity index (χ4n) is 3.48. The summed E-state index contributed by atoms with van der Waals surface area (Å²) in [4.78, 5) is 12.2. The second-order valence-corrected chi connectivity index (χ2v) is 6.47. The van der Waals surface area contributed by atoms with Crippen molar-refractivity contribution in [2.24, 2.45) is 5.92 Å². The first-order valence-corrected chi connectivity index (χ1v) is 8.27. The quantitative estimate of drug-likeness (QED) is 0.471. The van der Waals surface area contributed by atoms with Gasteiger partial charge in [0.25, 0.3) is 0 Å². The number of rotatable bonds is 5. The van der Waals surface area contributed by atoms with E-state index in [1.54, 1.807) is 20.3 Å². The minimum atomic E-state index is -0.357. The van der Waals surface area contributed by atoms with Gasteiger partial charge in [-0.05, 0) is 36.6 Å². The lowest BCUT2D eigenvalue weighted by Gasteiger charge is -2.38. The van der Waals surface area contributed by atoms with E-state index in [-0.39, 0.29) is 29.7 Å². The van der Waals surface area contributed by atoms with E-state index in [4.69, 9.17) is 18.9 Å². The molecule has 2 aliphatic rings. The molecule has 1 saturated heterocycles. The molecule has 1 heterocycles. The standard InChI is InChI=1S/C19H24O5/c1-13-18(22-3)16(9-10-19(13)12-23-19)24-17(20)8-7-14-5-4-6-15(11-14)21-2/h4-8,11,13,16,18H,9-10,12H2,1-3H3/b8-7+/t13-,16+,18-,19-/m0/s1. The molecule has 1 aliphatic carbocycles. The van der Waals surface area contributed by atoms with E-state index in [1.807, 2.05) is 24.3 Å². The first kappa shape index (κ1) is 17.0. The highest BCUT2D eigenvalue weighted by Gasteiger charge is 2.57. The first-order valence-electron chi connectivity index (χ1n) is 8.27. The van der Waals surface area contributed by atoms with E-state index in [0.717, 1.165) is 30.8 Å². The van der Waals surface area contributed by atoms with Crippen LogP contribution in [0.4, 0.5) is 0 Å². The average Bonchev–Trinajstić information content (AvgIpc) is 3.38. The number of benzene rings is 1. The molecule has 3 rings (SSSR count). The van der Waals surface area contributed by atoms with Crippen molar-refractivity contribution in [3.8, 4) is 5.75 Å². The molecule has 0 radical (unpaired) electrons. The number of carbonyl (C=O) groups excluding carboxylic acids is 1. The monoisotopic (exact) mass is 332 g/mol. The van der Waals surface area contributed by atoms with Crippen molar-refractivity contribution < 1.29 is 23.7 Å². The second kappa shape index (κ2) is 6.95. The minimum Gasteiger partial charge on any atom is -0.497 e. The molecule has 5 nitrogen and oxygen atoms in total. The highest BCUT2D eigenvalue weighted by Crippen LogP contribution is 2.47. The van der Waals surface area contributed by atoms with E-state index in [0.29, 0.717) is 0 Å². The number of carbonyl (C=O) groups is 1. The SMILES string of the molecule is COc1cccc(/C=C/C(=O)O[C@@H]2CC[C@]3(CO3)[C@@H](C)[C@@H]2OC)c1. The number of hydrogen-bond acceptors (Lipinski definition) is 5. The molecule has 5 heteroatoms. The van der Waals surface area contributed by atoms with Crippen LogP contribution in [-0.4, -0.2) is 44.6 Å². The molecule has 1 aromatic carbocycles. The third-order valence-electron chi connectivity index (χ3n) is 5.10. The number of ether oxygens (including phenoxy) is 4. The Morgan fingerprint density at radius 2 is 2.17 bits per heavy atom. The zero-order valence-corrected chi connectivity index (χ0v) is 14.4. The van der Waals surface area contributed by atoms with Crippen molar-refractivity contribution in [3.05, 3.63) is 35.9 Å². The second-order valence-electron chi connectivity index (χ2n) is 6.47. The van der Waals surface area contributed by atoms with Gasteiger partial charge < -0.3 is 18.9 Å². The molecule has 1 spiro atoms. The van der Waals surface area contributed by atoms with Crippen LogP contribution in [0.15, 0.2) is 30.3 Å². The smallest absolute Gasteiger partial charge is 0.331 e. The molecule has 4 atom stereocenters. The Morgan fingerprint density at radius 1 is 1.38 bits per heavy atom. The number of hydrogen-bond donors (Lipinski definition) is 0. The van der Waals surface area contributed by atoms with Gasteiger partial charge in [-0.3, -0.25) is 0 Å². The minimum absolute atomic E-state index is 0.0555. The Balaban J connectivity index is 1.60. The summed E-state index contributed by atoms with van der Waals surface area (Å²) in [7, 11) is 3.28. The van der Waals surface area contributed by atoms with Crippen LogP contribution in [0.1, 0.15) is 25.3 Å². The Bertz CT molecular complexity index is 620. The van der Waals surface area contributed by atoms with Gasteiger partial charge in [0.2, 0.25) is 0 Å². The van der Waals surface area contributed by atoms with Crippen molar-refractivity contribution >= 4 is 12.0 Å². The van der Waals surface area contributed by atoms with Crippen molar-refractivity contribution in [1.29, 1.82) is 0 Å². The Labute approximate surface area is 142 Å². The van der Waals surface area contributed by atoms with Crippen LogP contribution < -0.4 is 4.74 Å². The lowest BCUT2D eigenvalue weighted by Crippen LogP contribution is -2.48. The van der Waals surface area contributed by atoms with Crippen LogP contribution in [0, 0.1) is 5.92 Å². The summed E-state index contributed by atoms with van der Waals surface area (Å²) in [6.07, 6.45) is 4.49. The third kappa shape index (κ3) is 3.47. The molecule has 0 amide bonds. The average molecular weight is 332 g/mol. The van der Waals surface area contributed by atoms with Crippen LogP contribution in [-0.2, 0) is 19.0 Å². The molecular formula is C19H24O5. The third-order valence-corrected chi connectivity index (χ3v) is 5.10. The van der Waals surface area contributed by atoms with Crippen LogP contribution >= 0.6 is 0 Å². The Kier molecular flexibility index (Phi) is 4.92. The van der Waals surface area contributed by atoms with E-state index in [2.05, 4.69) is 6.92 Å². The lowest BCUT2D eigenvalue weighted by atomic mass is 9.76. The van der Waals surface area contributed by atoms with Gasteiger partial charge in [0.1, 0.15) is 11.9 Å². The summed E-state index contributed by atoms with van der Waals surface area (Å²) >= 11 is 0. The molecule has 2 fully saturated rings. The zero-order valence-electron chi connectivity index (χ0n) is 14.4. The fraction of sp³-hybridized carbons (Fsp3) is 0.526. The van der Waals surface area contributed by atoms with Crippen LogP contribution in [0.25, 0.3) is 6.08 Å². The molecule has 1 aliphatic heterocycles. The van der Waals surface area contributed by atoms with Gasteiger partial charge >= 0.3 is 5.97 Å². The van der Waals surface area contributed by atoms with Crippen LogP contribution in [0.2, 0.25) is 0 Å². The van der Waals surface area contributed by atoms with Gasteiger partial charge in [-0.25, -0.2) is 4.79 Å². The number of methoxy groups -OCH3 is 2. The largest absolute Gasteiger partial charge is 0.497 e. The van der Waals surface area contributed by atoms with Crippen molar-refractivity contribution in [3.63, 3.8) is 0 Å². The van der Waals surface area contributed by atoms with Gasteiger partial charge in [-0.2, -0.15) is 0 Å². The molecule has 0 bridgehead atoms. The number of epoxide rings is 1. The molecule has 24 heavy (non-hydrogen) atoms. The Morgan fingerprint density at radius 3 is 2.83 bits per heavy atom. The van der Waals surface area contributed by atoms with Crippen molar-refractivity contribution in [2.75, 3.05) is 20.8 Å². The maximum Gasteiger partial charge on any atom is 0.331 e. The lowest BCUT2D eigenvalue weighted by molar-refractivity contribution is -0.160. The predicted molar refractivity (Wildman–Crippen MR) is 89.8 cm³/mol. The summed E-state index contributed by atoms with van der Waals surface area (Å²) in [6.45, 7) is 2.89. The van der Waals surface area contributed by atoms with E-state index >= 15 is 0 Å². The highest BCUT2D eigenvalue weighted by molar-refractivity contribution is 5.87. The van der Waals surface area contributed by atoms with Gasteiger partial charge in [-0.15, -0.1) is 0 Å². The van der Waals surface area contributed by atoms with Gasteiger partial charge in [-0.1, -0.05) is 19.1 Å². The van der Waals surface area contributed by atoms with Crippen molar-refractivity contribution in [1.82, 2.24) is 0 Å². The molecular weight excluding hydrogens is 308 g/mol. The normalized spacial score (nSPS) is 32.0. The molecule has 1 aromatic rings. The summed E-state index contributed by atoms with van der Waals surface area (Å²) in [5.74, 6) is 0.613. The molecule has 130 valence electrons. The summed E-state index contributed by atoms with van der Waals surface area (Å²) in [6, 6.07) is 7.50. The van der Waals surface area contributed by atoms with E-state index < -0.39 is 0 Å². The summed E-state index contributed by atoms with van der Waals surface area (Å²) in [5, 5.41) is 0. The fourth-order valence-corrected chi connectivity index (χ4v) is 3.48. The highest BCUT2D eigenvalue weighted by atomic mass is 16.6. The zero-order chi connectivity index (χ0) is 17.2. The van der Waals surface area contributed by atoms with E-state index in [9.17, 15) is 4.79 Å². The summed E-state index contributed by atoms with van der Waals surface area (Å²) in [5.41, 5.74) is 0.831. The molecule has 0 N–H and O–H groups in total. The van der Waals surface area contributed by atoms with Crippen LogP contribution in [0.3, 0.4) is 0 Å². The van der Waals surface area contributed by atoms with Crippen molar-refractivity contribution in [2.45, 2.75) is 37.6 Å². The molecule has 0 unspecified atom stereocenters. The molecule has 1 saturated carbocycles.